The first-order valence-corrected chi connectivity index (χ1v) is 11.5. The van der Waals surface area contributed by atoms with Gasteiger partial charge in [0.1, 0.15) is 0 Å². The number of nitrogens with one attached hydrogen (secondary N) is 3. The lowest BCUT2D eigenvalue weighted by atomic mass is 10.0. The molecule has 2 aliphatic heterocycles. The van der Waals surface area contributed by atoms with Gasteiger partial charge in [-0.25, -0.2) is 0 Å². The van der Waals surface area contributed by atoms with Crippen LogP contribution in [0.2, 0.25) is 0 Å². The molecule has 1 fully saturated rings. The zero-order chi connectivity index (χ0) is 23.3. The van der Waals surface area contributed by atoms with Crippen LogP contribution in [0, 0.1) is 0 Å². The molecule has 0 spiro atoms. The summed E-state index contributed by atoms with van der Waals surface area (Å²) in [6, 6.07) is 13.7. The minimum absolute atomic E-state index is 0.110. The maximum Gasteiger partial charge on any atom is 0.309 e. The predicted octanol–water partition coefficient (Wildman–Crippen LogP) is 1.74. The van der Waals surface area contributed by atoms with Crippen LogP contribution >= 0.6 is 0 Å². The Balaban J connectivity index is 1.17. The second-order valence-corrected chi connectivity index (χ2v) is 8.35. The molecule has 1 saturated heterocycles. The summed E-state index contributed by atoms with van der Waals surface area (Å²) in [5.41, 5.74) is 3.15. The summed E-state index contributed by atoms with van der Waals surface area (Å²) in [7, 11) is 0. The van der Waals surface area contributed by atoms with Gasteiger partial charge in [0.2, 0.25) is 6.79 Å². The van der Waals surface area contributed by atoms with Crippen molar-refractivity contribution in [1.82, 2.24) is 20.5 Å². The van der Waals surface area contributed by atoms with Crippen LogP contribution < -0.4 is 20.1 Å². The Morgan fingerprint density at radius 2 is 1.79 bits per heavy atom. The molecule has 2 aromatic carbocycles. The van der Waals surface area contributed by atoms with Gasteiger partial charge in [0, 0.05) is 43.3 Å². The molecule has 9 heteroatoms. The fraction of sp³-hybridized carbons (Fsp3) is 0.360. The van der Waals surface area contributed by atoms with E-state index in [9.17, 15) is 9.59 Å². The van der Waals surface area contributed by atoms with Gasteiger partial charge in [0.15, 0.2) is 11.5 Å². The van der Waals surface area contributed by atoms with Gasteiger partial charge < -0.3 is 29.8 Å². The molecule has 3 N–H and O–H groups in total. The van der Waals surface area contributed by atoms with E-state index in [-0.39, 0.29) is 12.8 Å². The summed E-state index contributed by atoms with van der Waals surface area (Å²) in [5, 5.41) is 6.66. The van der Waals surface area contributed by atoms with Crippen molar-refractivity contribution in [1.29, 1.82) is 0 Å². The highest BCUT2D eigenvalue weighted by Crippen LogP contribution is 2.35. The molecule has 0 aliphatic carbocycles. The Morgan fingerprint density at radius 1 is 1.00 bits per heavy atom. The number of hydrogen-bond donors (Lipinski definition) is 3. The molecular formula is C25H28N4O5. The molecule has 178 valence electrons. The molecule has 0 saturated carbocycles. The molecule has 3 heterocycles. The number of aromatic amines is 1. The van der Waals surface area contributed by atoms with E-state index in [4.69, 9.17) is 14.2 Å². The first-order chi connectivity index (χ1) is 16.7. The number of carbonyl (C=O) groups excluding carboxylic acids is 2. The molecule has 1 atom stereocenters. The predicted molar refractivity (Wildman–Crippen MR) is 126 cm³/mol. The second-order valence-electron chi connectivity index (χ2n) is 8.35. The van der Waals surface area contributed by atoms with Crippen molar-refractivity contribution in [2.24, 2.45) is 0 Å². The van der Waals surface area contributed by atoms with Crippen LogP contribution in [0.4, 0.5) is 0 Å². The van der Waals surface area contributed by atoms with E-state index in [0.717, 1.165) is 35.1 Å². The van der Waals surface area contributed by atoms with Crippen LogP contribution in [0.15, 0.2) is 48.7 Å². The number of amides is 2. The van der Waals surface area contributed by atoms with E-state index in [1.165, 1.54) is 0 Å². The number of nitrogens with zero attached hydrogens (tertiary/aromatic N) is 1. The number of morpholine rings is 1. The number of ether oxygens (including phenoxy) is 3. The Bertz CT molecular complexity index is 1170. The summed E-state index contributed by atoms with van der Waals surface area (Å²) < 4.78 is 16.4. The molecule has 1 unspecified atom stereocenters. The molecule has 2 amide bonds. The third kappa shape index (κ3) is 4.85. The number of fused-ring (bicyclic) bond motifs is 2. The van der Waals surface area contributed by atoms with Gasteiger partial charge in [-0.3, -0.25) is 14.5 Å². The minimum Gasteiger partial charge on any atom is -0.454 e. The molecule has 0 radical (unpaired) electrons. The van der Waals surface area contributed by atoms with Crippen molar-refractivity contribution < 1.29 is 23.8 Å². The van der Waals surface area contributed by atoms with Crippen molar-refractivity contribution in [3.63, 3.8) is 0 Å². The maximum atomic E-state index is 12.5. The van der Waals surface area contributed by atoms with Gasteiger partial charge in [-0.2, -0.15) is 0 Å². The summed E-state index contributed by atoms with van der Waals surface area (Å²) in [5.74, 6) is 0.129. The number of para-hydroxylation sites is 1. The summed E-state index contributed by atoms with van der Waals surface area (Å²) in [6.45, 7) is 3.62. The monoisotopic (exact) mass is 464 g/mol. The van der Waals surface area contributed by atoms with Gasteiger partial charge in [-0.05, 0) is 35.7 Å². The number of carbonyl (C=O) groups is 2. The lowest BCUT2D eigenvalue weighted by Gasteiger charge is -2.34. The van der Waals surface area contributed by atoms with Crippen molar-refractivity contribution in [2.45, 2.75) is 12.5 Å². The SMILES string of the molecule is O=C(NCCc1c[nH]c2ccccc12)C(=O)NCC(c1ccc2c(c1)OCO2)N1CCOCC1. The first-order valence-electron chi connectivity index (χ1n) is 11.5. The van der Waals surface area contributed by atoms with Crippen LogP contribution in [-0.2, 0) is 20.7 Å². The lowest BCUT2D eigenvalue weighted by Crippen LogP contribution is -2.47. The minimum atomic E-state index is -0.641. The molecule has 5 rings (SSSR count). The molecule has 2 aliphatic rings. The number of rotatable bonds is 7. The molecule has 1 aromatic heterocycles. The number of aromatic nitrogens is 1. The van der Waals surface area contributed by atoms with Crippen LogP contribution in [0.1, 0.15) is 17.2 Å². The second kappa shape index (κ2) is 10.1. The van der Waals surface area contributed by atoms with E-state index in [1.807, 2.05) is 48.7 Å². The van der Waals surface area contributed by atoms with Gasteiger partial charge in [0.25, 0.3) is 0 Å². The third-order valence-corrected chi connectivity index (χ3v) is 6.28. The van der Waals surface area contributed by atoms with Crippen molar-refractivity contribution in [3.05, 3.63) is 59.8 Å². The van der Waals surface area contributed by atoms with Crippen LogP contribution in [-0.4, -0.2) is 67.9 Å². The van der Waals surface area contributed by atoms with Crippen LogP contribution in [0.5, 0.6) is 11.5 Å². The van der Waals surface area contributed by atoms with Gasteiger partial charge in [0.05, 0.1) is 19.3 Å². The van der Waals surface area contributed by atoms with Gasteiger partial charge in [-0.15, -0.1) is 0 Å². The fourth-order valence-corrected chi connectivity index (χ4v) is 4.47. The Morgan fingerprint density at radius 3 is 2.68 bits per heavy atom. The van der Waals surface area contributed by atoms with E-state index in [1.54, 1.807) is 0 Å². The largest absolute Gasteiger partial charge is 0.454 e. The summed E-state index contributed by atoms with van der Waals surface area (Å²) in [4.78, 5) is 30.4. The third-order valence-electron chi connectivity index (χ3n) is 6.28. The zero-order valence-corrected chi connectivity index (χ0v) is 18.8. The average Bonchev–Trinajstić information content (AvgIpc) is 3.51. The van der Waals surface area contributed by atoms with Crippen molar-refractivity contribution >= 4 is 22.7 Å². The van der Waals surface area contributed by atoms with E-state index < -0.39 is 11.8 Å². The highest BCUT2D eigenvalue weighted by Gasteiger charge is 2.26. The van der Waals surface area contributed by atoms with Crippen LogP contribution in [0.3, 0.4) is 0 Å². The summed E-state index contributed by atoms with van der Waals surface area (Å²) in [6.07, 6.45) is 2.58. The highest BCUT2D eigenvalue weighted by atomic mass is 16.7. The topological polar surface area (TPSA) is 105 Å². The molecular weight excluding hydrogens is 436 g/mol. The van der Waals surface area contributed by atoms with E-state index >= 15 is 0 Å². The Kier molecular flexibility index (Phi) is 6.64. The number of H-pyrrole nitrogens is 1. The lowest BCUT2D eigenvalue weighted by molar-refractivity contribution is -0.139. The average molecular weight is 465 g/mol. The Hall–Kier alpha value is -3.56. The fourth-order valence-electron chi connectivity index (χ4n) is 4.47. The van der Waals surface area contributed by atoms with E-state index in [2.05, 4.69) is 20.5 Å². The van der Waals surface area contributed by atoms with E-state index in [0.29, 0.717) is 44.2 Å². The van der Waals surface area contributed by atoms with Crippen molar-refractivity contribution in [2.75, 3.05) is 46.2 Å². The quantitative estimate of drug-likeness (QED) is 0.460. The molecule has 0 bridgehead atoms. The molecule has 34 heavy (non-hydrogen) atoms. The molecule has 3 aromatic rings. The number of hydrogen-bond acceptors (Lipinski definition) is 6. The Labute approximate surface area is 197 Å². The van der Waals surface area contributed by atoms with Crippen molar-refractivity contribution in [3.8, 4) is 11.5 Å². The van der Waals surface area contributed by atoms with Gasteiger partial charge in [-0.1, -0.05) is 24.3 Å². The molecule has 9 nitrogen and oxygen atoms in total. The highest BCUT2D eigenvalue weighted by molar-refractivity contribution is 6.35. The summed E-state index contributed by atoms with van der Waals surface area (Å²) >= 11 is 0. The first kappa shape index (κ1) is 22.2. The normalized spacial score (nSPS) is 16.4. The zero-order valence-electron chi connectivity index (χ0n) is 18.8. The standard InChI is InChI=1S/C25H28N4O5/c30-24(26-8-7-18-14-27-20-4-2-1-3-19(18)20)25(31)28-15-21(29-9-11-32-12-10-29)17-5-6-22-23(13-17)34-16-33-22/h1-6,13-14,21,27H,7-12,15-16H2,(H,26,30)(H,28,31). The van der Waals surface area contributed by atoms with Gasteiger partial charge >= 0.3 is 11.8 Å². The van der Waals surface area contributed by atoms with Crippen LogP contribution in [0.25, 0.3) is 10.9 Å². The smallest absolute Gasteiger partial charge is 0.309 e. The number of benzene rings is 2. The maximum absolute atomic E-state index is 12.5.